The Balaban J connectivity index is 1.99. The van der Waals surface area contributed by atoms with Gasteiger partial charge in [0, 0.05) is 0 Å². The molecule has 0 aliphatic rings. The van der Waals surface area contributed by atoms with Crippen molar-refractivity contribution in [2.75, 3.05) is 11.9 Å². The molecule has 0 unspecified atom stereocenters. The number of hydrogen-bond acceptors (Lipinski definition) is 3. The first-order chi connectivity index (χ1) is 10.6. The van der Waals surface area contributed by atoms with Crippen LogP contribution in [0.25, 0.3) is 0 Å². The minimum Gasteiger partial charge on any atom is -0.506 e. The van der Waals surface area contributed by atoms with Gasteiger partial charge in [0.15, 0.2) is 6.61 Å². The third kappa shape index (κ3) is 4.01. The van der Waals surface area contributed by atoms with E-state index in [0.717, 1.165) is 17.7 Å². The maximum atomic E-state index is 11.9. The second-order valence-electron chi connectivity index (χ2n) is 5.20. The summed E-state index contributed by atoms with van der Waals surface area (Å²) in [7, 11) is 0. The predicted octanol–water partition coefficient (Wildman–Crippen LogP) is 3.92. The quantitative estimate of drug-likeness (QED) is 0.795. The summed E-state index contributed by atoms with van der Waals surface area (Å²) in [4.78, 5) is 11.9. The molecule has 1 atom stereocenters. The average molecular weight is 299 g/mol. The van der Waals surface area contributed by atoms with Crippen LogP contribution in [0.4, 0.5) is 5.69 Å². The van der Waals surface area contributed by atoms with E-state index in [0.29, 0.717) is 11.6 Å². The molecule has 0 spiro atoms. The molecule has 2 aromatic rings. The number of nitrogens with one attached hydrogen (secondary N) is 1. The zero-order chi connectivity index (χ0) is 15.9. The lowest BCUT2D eigenvalue weighted by Crippen LogP contribution is -2.20. The van der Waals surface area contributed by atoms with Crippen LogP contribution in [0, 0.1) is 0 Å². The molecule has 0 aliphatic carbocycles. The highest BCUT2D eigenvalue weighted by Crippen LogP contribution is 2.28. The van der Waals surface area contributed by atoms with Crippen molar-refractivity contribution in [1.82, 2.24) is 0 Å². The number of anilines is 1. The van der Waals surface area contributed by atoms with Crippen LogP contribution >= 0.6 is 0 Å². The molecule has 2 rings (SSSR count). The third-order valence-corrected chi connectivity index (χ3v) is 3.60. The van der Waals surface area contributed by atoms with E-state index in [1.165, 1.54) is 6.07 Å². The average Bonchev–Trinajstić information content (AvgIpc) is 2.54. The van der Waals surface area contributed by atoms with E-state index in [-0.39, 0.29) is 18.3 Å². The summed E-state index contributed by atoms with van der Waals surface area (Å²) in [6.07, 6.45) is 1.00. The summed E-state index contributed by atoms with van der Waals surface area (Å²) in [5.74, 6) is 0.832. The Hall–Kier alpha value is -2.49. The van der Waals surface area contributed by atoms with Crippen LogP contribution in [0.2, 0.25) is 0 Å². The molecule has 22 heavy (non-hydrogen) atoms. The second kappa shape index (κ2) is 7.50. The minimum absolute atomic E-state index is 0.0378. The van der Waals surface area contributed by atoms with Crippen LogP contribution in [0.5, 0.6) is 11.5 Å². The van der Waals surface area contributed by atoms with Crippen LogP contribution in [0.1, 0.15) is 31.7 Å². The van der Waals surface area contributed by atoms with E-state index in [1.54, 1.807) is 18.2 Å². The van der Waals surface area contributed by atoms with Gasteiger partial charge in [-0.05, 0) is 36.1 Å². The Morgan fingerprint density at radius 1 is 1.18 bits per heavy atom. The number of carbonyl (C=O) groups is 1. The lowest BCUT2D eigenvalue weighted by molar-refractivity contribution is -0.118. The minimum atomic E-state index is -0.305. The van der Waals surface area contributed by atoms with Crippen molar-refractivity contribution in [1.29, 1.82) is 0 Å². The maximum absolute atomic E-state index is 11.9. The van der Waals surface area contributed by atoms with Crippen molar-refractivity contribution in [3.05, 3.63) is 54.1 Å². The number of carbonyl (C=O) groups excluding carboxylic acids is 1. The Labute approximate surface area is 130 Å². The number of hydrogen-bond donors (Lipinski definition) is 2. The van der Waals surface area contributed by atoms with Gasteiger partial charge in [0.05, 0.1) is 5.69 Å². The van der Waals surface area contributed by atoms with E-state index in [4.69, 9.17) is 4.74 Å². The summed E-state index contributed by atoms with van der Waals surface area (Å²) < 4.78 is 5.64. The molecule has 0 heterocycles. The zero-order valence-corrected chi connectivity index (χ0v) is 12.9. The molecule has 2 aromatic carbocycles. The van der Waals surface area contributed by atoms with Crippen molar-refractivity contribution in [3.8, 4) is 11.5 Å². The van der Waals surface area contributed by atoms with E-state index in [2.05, 4.69) is 19.2 Å². The highest BCUT2D eigenvalue weighted by molar-refractivity contribution is 5.93. The van der Waals surface area contributed by atoms with E-state index in [9.17, 15) is 9.90 Å². The lowest BCUT2D eigenvalue weighted by Gasteiger charge is -2.15. The fraction of sp³-hybridized carbons (Fsp3) is 0.278. The molecule has 2 N–H and O–H groups in total. The first kappa shape index (κ1) is 15.9. The highest BCUT2D eigenvalue weighted by Gasteiger charge is 2.11. The first-order valence-corrected chi connectivity index (χ1v) is 7.41. The van der Waals surface area contributed by atoms with E-state index in [1.807, 2.05) is 24.3 Å². The van der Waals surface area contributed by atoms with Gasteiger partial charge in [-0.3, -0.25) is 4.79 Å². The van der Waals surface area contributed by atoms with E-state index < -0.39 is 0 Å². The molecule has 0 bridgehead atoms. The predicted molar refractivity (Wildman–Crippen MR) is 87.4 cm³/mol. The lowest BCUT2D eigenvalue weighted by atomic mass is 9.98. The number of rotatable bonds is 6. The van der Waals surface area contributed by atoms with Crippen molar-refractivity contribution in [2.24, 2.45) is 0 Å². The van der Waals surface area contributed by atoms with Gasteiger partial charge in [0.2, 0.25) is 0 Å². The fourth-order valence-corrected chi connectivity index (χ4v) is 2.15. The molecule has 0 saturated carbocycles. The first-order valence-electron chi connectivity index (χ1n) is 7.41. The van der Waals surface area contributed by atoms with Gasteiger partial charge in [-0.15, -0.1) is 0 Å². The van der Waals surface area contributed by atoms with Crippen LogP contribution in [0.15, 0.2) is 48.5 Å². The summed E-state index contributed by atoms with van der Waals surface area (Å²) in [6, 6.07) is 14.4. The monoisotopic (exact) mass is 299 g/mol. The molecule has 0 aliphatic heterocycles. The molecular weight excluding hydrogens is 278 g/mol. The van der Waals surface area contributed by atoms with Gasteiger partial charge in [0.25, 0.3) is 5.91 Å². The van der Waals surface area contributed by atoms with Gasteiger partial charge in [-0.25, -0.2) is 0 Å². The summed E-state index contributed by atoms with van der Waals surface area (Å²) in [6.45, 7) is 4.15. The molecule has 0 saturated heterocycles. The molecule has 0 radical (unpaired) electrons. The van der Waals surface area contributed by atoms with Crippen LogP contribution < -0.4 is 10.1 Å². The normalized spacial score (nSPS) is 11.7. The summed E-state index contributed by atoms with van der Waals surface area (Å²) in [5.41, 5.74) is 1.48. The third-order valence-electron chi connectivity index (χ3n) is 3.60. The van der Waals surface area contributed by atoms with Crippen molar-refractivity contribution >= 4 is 11.6 Å². The highest BCUT2D eigenvalue weighted by atomic mass is 16.5. The van der Waals surface area contributed by atoms with E-state index >= 15 is 0 Å². The van der Waals surface area contributed by atoms with Gasteiger partial charge in [-0.1, -0.05) is 44.2 Å². The van der Waals surface area contributed by atoms with Crippen molar-refractivity contribution in [3.63, 3.8) is 0 Å². The summed E-state index contributed by atoms with van der Waals surface area (Å²) >= 11 is 0. The number of phenols is 1. The molecule has 116 valence electrons. The standard InChI is InChI=1S/C18H21NO3/c1-3-13(2)14-8-4-7-11-17(14)22-12-18(21)19-15-9-5-6-10-16(15)20/h4-11,13,20H,3,12H2,1-2H3,(H,19,21)/t13-/m1/s1. The fourth-order valence-electron chi connectivity index (χ4n) is 2.15. The topological polar surface area (TPSA) is 58.6 Å². The molecule has 0 fully saturated rings. The summed E-state index contributed by atoms with van der Waals surface area (Å²) in [5, 5.41) is 12.3. The Morgan fingerprint density at radius 2 is 1.86 bits per heavy atom. The van der Waals surface area contributed by atoms with Gasteiger partial charge in [0.1, 0.15) is 11.5 Å². The molecule has 0 aromatic heterocycles. The maximum Gasteiger partial charge on any atom is 0.262 e. The SMILES string of the molecule is CC[C@@H](C)c1ccccc1OCC(=O)Nc1ccccc1O. The van der Waals surface area contributed by atoms with Gasteiger partial charge >= 0.3 is 0 Å². The number of para-hydroxylation sites is 3. The van der Waals surface area contributed by atoms with Crippen molar-refractivity contribution in [2.45, 2.75) is 26.2 Å². The van der Waals surface area contributed by atoms with Crippen LogP contribution in [-0.4, -0.2) is 17.6 Å². The van der Waals surface area contributed by atoms with Crippen LogP contribution in [-0.2, 0) is 4.79 Å². The molecule has 4 nitrogen and oxygen atoms in total. The van der Waals surface area contributed by atoms with Crippen molar-refractivity contribution < 1.29 is 14.6 Å². The number of aromatic hydroxyl groups is 1. The number of benzene rings is 2. The van der Waals surface area contributed by atoms with Gasteiger partial charge in [-0.2, -0.15) is 0 Å². The van der Waals surface area contributed by atoms with Crippen LogP contribution in [0.3, 0.4) is 0 Å². The Morgan fingerprint density at radius 3 is 2.59 bits per heavy atom. The largest absolute Gasteiger partial charge is 0.506 e. The Bertz CT molecular complexity index is 640. The molecular formula is C18H21NO3. The zero-order valence-electron chi connectivity index (χ0n) is 12.9. The number of ether oxygens (including phenoxy) is 1. The molecule has 4 heteroatoms. The second-order valence-corrected chi connectivity index (χ2v) is 5.20. The van der Waals surface area contributed by atoms with Gasteiger partial charge < -0.3 is 15.2 Å². The smallest absolute Gasteiger partial charge is 0.262 e. The number of phenolic OH excluding ortho intramolecular Hbond substituents is 1. The Kier molecular flexibility index (Phi) is 5.42. The number of amides is 1. The molecule has 1 amide bonds.